The summed E-state index contributed by atoms with van der Waals surface area (Å²) >= 11 is 0. The zero-order valence-electron chi connectivity index (χ0n) is 12.1. The van der Waals surface area contributed by atoms with Crippen LogP contribution in [0.15, 0.2) is 18.7 Å². The van der Waals surface area contributed by atoms with Gasteiger partial charge in [-0.3, -0.25) is 9.59 Å². The zero-order chi connectivity index (χ0) is 14.7. The number of ether oxygens (including phenoxy) is 1. The fourth-order valence-electron chi connectivity index (χ4n) is 3.46. The molecule has 1 saturated carbocycles. The Kier molecular flexibility index (Phi) is 3.94. The number of hydrogen-bond acceptors (Lipinski definition) is 4. The van der Waals surface area contributed by atoms with Crippen LogP contribution in [-0.2, 0) is 20.9 Å². The van der Waals surface area contributed by atoms with Crippen molar-refractivity contribution in [2.24, 2.45) is 5.92 Å². The molecule has 1 aliphatic carbocycles. The van der Waals surface area contributed by atoms with Gasteiger partial charge in [-0.25, -0.2) is 4.98 Å². The molecule has 114 valence electrons. The minimum absolute atomic E-state index is 0.0339. The van der Waals surface area contributed by atoms with Gasteiger partial charge in [0.15, 0.2) is 0 Å². The molecule has 1 N–H and O–H groups in total. The van der Waals surface area contributed by atoms with Crippen LogP contribution in [0.4, 0.5) is 0 Å². The number of carbonyl (C=O) groups excluding carboxylic acids is 2. The number of amides is 1. The highest BCUT2D eigenvalue weighted by molar-refractivity contribution is 5.87. The molecule has 1 aliphatic heterocycles. The number of nitrogens with one attached hydrogen (secondary N) is 1. The molecular formula is C15H21N3O3. The molecule has 2 heterocycles. The Bertz CT molecular complexity index is 506. The molecule has 6 nitrogen and oxygen atoms in total. The maximum absolute atomic E-state index is 12.4. The molecule has 2 fully saturated rings. The van der Waals surface area contributed by atoms with E-state index in [-0.39, 0.29) is 24.2 Å². The first-order valence-electron chi connectivity index (χ1n) is 7.65. The van der Waals surface area contributed by atoms with Gasteiger partial charge in [0.25, 0.3) is 0 Å². The van der Waals surface area contributed by atoms with Crippen LogP contribution in [-0.4, -0.2) is 33.6 Å². The molecule has 21 heavy (non-hydrogen) atoms. The van der Waals surface area contributed by atoms with Gasteiger partial charge in [-0.2, -0.15) is 0 Å². The summed E-state index contributed by atoms with van der Waals surface area (Å²) in [6.45, 7) is 1.43. The first-order valence-corrected chi connectivity index (χ1v) is 7.65. The van der Waals surface area contributed by atoms with Crippen LogP contribution in [0.3, 0.4) is 0 Å². The normalized spacial score (nSPS) is 23.4. The Balaban J connectivity index is 1.49. The van der Waals surface area contributed by atoms with E-state index < -0.39 is 5.60 Å². The summed E-state index contributed by atoms with van der Waals surface area (Å²) in [5.41, 5.74) is -0.508. The monoisotopic (exact) mass is 291 g/mol. The van der Waals surface area contributed by atoms with Crippen LogP contribution < -0.4 is 5.32 Å². The van der Waals surface area contributed by atoms with Crippen LogP contribution in [0.5, 0.6) is 0 Å². The third-order valence-corrected chi connectivity index (χ3v) is 4.54. The lowest BCUT2D eigenvalue weighted by atomic mass is 9.85. The molecule has 1 aromatic rings. The van der Waals surface area contributed by atoms with Gasteiger partial charge in [-0.15, -0.1) is 0 Å². The average Bonchev–Trinajstić information content (AvgIpc) is 3.18. The van der Waals surface area contributed by atoms with Crippen molar-refractivity contribution in [1.82, 2.24) is 14.9 Å². The Morgan fingerprint density at radius 2 is 2.29 bits per heavy atom. The van der Waals surface area contributed by atoms with E-state index in [9.17, 15) is 9.59 Å². The summed E-state index contributed by atoms with van der Waals surface area (Å²) < 4.78 is 7.48. The third kappa shape index (κ3) is 2.94. The minimum Gasteiger partial charge on any atom is -0.458 e. The van der Waals surface area contributed by atoms with Crippen molar-refractivity contribution >= 4 is 11.9 Å². The SMILES string of the molecule is O=C1C[C@@H](C(=O)NCCCn2ccnc2)C2(CCCC2)O1. The van der Waals surface area contributed by atoms with Crippen LogP contribution in [0.1, 0.15) is 38.5 Å². The van der Waals surface area contributed by atoms with E-state index in [2.05, 4.69) is 10.3 Å². The van der Waals surface area contributed by atoms with Crippen molar-refractivity contribution in [3.8, 4) is 0 Å². The van der Waals surface area contributed by atoms with Gasteiger partial charge in [0.1, 0.15) is 5.60 Å². The molecule has 1 saturated heterocycles. The predicted octanol–water partition coefficient (Wildman–Crippen LogP) is 1.27. The van der Waals surface area contributed by atoms with Crippen molar-refractivity contribution in [3.63, 3.8) is 0 Å². The smallest absolute Gasteiger partial charge is 0.307 e. The standard InChI is InChI=1S/C15H21N3O3/c19-13-10-12(15(21-13)4-1-2-5-15)14(20)17-6-3-8-18-9-7-16-11-18/h7,9,11-12H,1-6,8,10H2,(H,17,20)/t12-/m0/s1. The van der Waals surface area contributed by atoms with Crippen LogP contribution in [0.2, 0.25) is 0 Å². The zero-order valence-corrected chi connectivity index (χ0v) is 12.1. The molecule has 1 spiro atoms. The second kappa shape index (κ2) is 5.87. The first-order chi connectivity index (χ1) is 10.2. The highest BCUT2D eigenvalue weighted by Gasteiger charge is 2.53. The van der Waals surface area contributed by atoms with Crippen LogP contribution in [0.25, 0.3) is 0 Å². The highest BCUT2D eigenvalue weighted by atomic mass is 16.6. The molecule has 0 radical (unpaired) electrons. The molecule has 0 unspecified atom stereocenters. The van der Waals surface area contributed by atoms with Gasteiger partial charge in [0.2, 0.25) is 5.91 Å². The summed E-state index contributed by atoms with van der Waals surface area (Å²) in [6.07, 6.45) is 10.2. The van der Waals surface area contributed by atoms with Crippen molar-refractivity contribution < 1.29 is 14.3 Å². The van der Waals surface area contributed by atoms with E-state index in [1.165, 1.54) is 0 Å². The lowest BCUT2D eigenvalue weighted by molar-refractivity contribution is -0.149. The van der Waals surface area contributed by atoms with E-state index >= 15 is 0 Å². The van der Waals surface area contributed by atoms with Gasteiger partial charge >= 0.3 is 5.97 Å². The van der Waals surface area contributed by atoms with E-state index in [1.807, 2.05) is 10.8 Å². The summed E-state index contributed by atoms with van der Waals surface area (Å²) in [5, 5.41) is 2.95. The summed E-state index contributed by atoms with van der Waals surface area (Å²) in [7, 11) is 0. The first kappa shape index (κ1) is 14.1. The molecule has 1 atom stereocenters. The minimum atomic E-state index is -0.508. The molecule has 1 amide bonds. The largest absolute Gasteiger partial charge is 0.458 e. The van der Waals surface area contributed by atoms with Crippen molar-refractivity contribution in [3.05, 3.63) is 18.7 Å². The highest BCUT2D eigenvalue weighted by Crippen LogP contribution is 2.45. The lowest BCUT2D eigenvalue weighted by Gasteiger charge is -2.27. The van der Waals surface area contributed by atoms with Crippen molar-refractivity contribution in [1.29, 1.82) is 0 Å². The van der Waals surface area contributed by atoms with Gasteiger partial charge in [-0.1, -0.05) is 0 Å². The molecular weight excluding hydrogens is 270 g/mol. The second-order valence-corrected chi connectivity index (χ2v) is 5.95. The number of imidazole rings is 1. The fraction of sp³-hybridized carbons (Fsp3) is 0.667. The Morgan fingerprint density at radius 3 is 3.00 bits per heavy atom. The fourth-order valence-corrected chi connectivity index (χ4v) is 3.46. The van der Waals surface area contributed by atoms with Gasteiger partial charge in [-0.05, 0) is 32.1 Å². The number of rotatable bonds is 5. The molecule has 0 bridgehead atoms. The Hall–Kier alpha value is -1.85. The summed E-state index contributed by atoms with van der Waals surface area (Å²) in [6, 6.07) is 0. The Labute approximate surface area is 123 Å². The summed E-state index contributed by atoms with van der Waals surface area (Å²) in [5.74, 6) is -0.565. The quantitative estimate of drug-likeness (QED) is 0.655. The number of aromatic nitrogens is 2. The average molecular weight is 291 g/mol. The van der Waals surface area contributed by atoms with E-state index in [1.54, 1.807) is 12.5 Å². The lowest BCUT2D eigenvalue weighted by Crippen LogP contribution is -2.43. The predicted molar refractivity (Wildman–Crippen MR) is 75.3 cm³/mol. The second-order valence-electron chi connectivity index (χ2n) is 5.95. The van der Waals surface area contributed by atoms with Gasteiger partial charge < -0.3 is 14.6 Å². The van der Waals surface area contributed by atoms with Crippen molar-refractivity contribution in [2.75, 3.05) is 6.54 Å². The maximum Gasteiger partial charge on any atom is 0.307 e. The number of carbonyl (C=O) groups is 2. The van der Waals surface area contributed by atoms with E-state index in [0.717, 1.165) is 38.6 Å². The van der Waals surface area contributed by atoms with E-state index in [0.29, 0.717) is 6.54 Å². The molecule has 2 aliphatic rings. The maximum atomic E-state index is 12.4. The van der Waals surface area contributed by atoms with Gasteiger partial charge in [0, 0.05) is 25.5 Å². The van der Waals surface area contributed by atoms with Crippen molar-refractivity contribution in [2.45, 2.75) is 50.7 Å². The number of hydrogen-bond donors (Lipinski definition) is 1. The number of aryl methyl sites for hydroxylation is 1. The number of esters is 1. The van der Waals surface area contributed by atoms with E-state index in [4.69, 9.17) is 4.74 Å². The Morgan fingerprint density at radius 1 is 1.48 bits per heavy atom. The van der Waals surface area contributed by atoms with Gasteiger partial charge in [0.05, 0.1) is 18.7 Å². The van der Waals surface area contributed by atoms with Crippen LogP contribution >= 0.6 is 0 Å². The summed E-state index contributed by atoms with van der Waals surface area (Å²) in [4.78, 5) is 27.9. The molecule has 1 aromatic heterocycles. The molecule has 0 aromatic carbocycles. The molecule has 6 heteroatoms. The topological polar surface area (TPSA) is 73.2 Å². The third-order valence-electron chi connectivity index (χ3n) is 4.54. The molecule has 3 rings (SSSR count). The van der Waals surface area contributed by atoms with Crippen LogP contribution in [0, 0.1) is 5.92 Å². The number of nitrogens with zero attached hydrogens (tertiary/aromatic N) is 2.